The third-order valence-electron chi connectivity index (χ3n) is 2.81. The molecule has 1 aromatic rings. The maximum Gasteiger partial charge on any atom is 0.255 e. The third kappa shape index (κ3) is 2.73. The number of aromatic nitrogens is 1. The van der Waals surface area contributed by atoms with Crippen molar-refractivity contribution in [1.82, 2.24) is 9.88 Å². The topological polar surface area (TPSA) is 33.2 Å². The van der Waals surface area contributed by atoms with Gasteiger partial charge in [0, 0.05) is 25.5 Å². The molecule has 0 bridgehead atoms. The highest BCUT2D eigenvalue weighted by Gasteiger charge is 2.20. The van der Waals surface area contributed by atoms with Gasteiger partial charge >= 0.3 is 0 Å². The van der Waals surface area contributed by atoms with Gasteiger partial charge in [-0.05, 0) is 18.9 Å². The summed E-state index contributed by atoms with van der Waals surface area (Å²) in [7, 11) is 1.82. The van der Waals surface area contributed by atoms with Crippen LogP contribution in [-0.2, 0) is 0 Å². The highest BCUT2D eigenvalue weighted by Crippen LogP contribution is 2.17. The molecule has 0 unspecified atom stereocenters. The highest BCUT2D eigenvalue weighted by molar-refractivity contribution is 6.33. The quantitative estimate of drug-likeness (QED) is 0.811. The largest absolute Gasteiger partial charge is 0.339 e. The molecule has 0 aliphatic carbocycles. The Hall–Kier alpha value is -1.09. The standard InChI is InChI=1S/C12H17ClN2O/c1-4-9(5-2)15(3)12(16)10-6-7-14-8-11(10)13/h6-9H,4-5H2,1-3H3. The van der Waals surface area contributed by atoms with Gasteiger partial charge in [-0.2, -0.15) is 0 Å². The predicted molar refractivity (Wildman–Crippen MR) is 65.7 cm³/mol. The van der Waals surface area contributed by atoms with E-state index in [4.69, 9.17) is 11.6 Å². The number of carbonyl (C=O) groups excluding carboxylic acids is 1. The second-order valence-corrected chi connectivity index (χ2v) is 4.15. The minimum absolute atomic E-state index is 0.0406. The van der Waals surface area contributed by atoms with Crippen LogP contribution in [0.25, 0.3) is 0 Å². The van der Waals surface area contributed by atoms with Crippen molar-refractivity contribution in [3.63, 3.8) is 0 Å². The molecule has 4 heteroatoms. The predicted octanol–water partition coefficient (Wildman–Crippen LogP) is 3.00. The molecule has 0 aliphatic rings. The third-order valence-corrected chi connectivity index (χ3v) is 3.11. The first-order valence-corrected chi connectivity index (χ1v) is 5.86. The lowest BCUT2D eigenvalue weighted by atomic mass is 10.1. The van der Waals surface area contributed by atoms with Crippen LogP contribution in [0.3, 0.4) is 0 Å². The normalized spacial score (nSPS) is 10.6. The van der Waals surface area contributed by atoms with Crippen LogP contribution in [0.5, 0.6) is 0 Å². The monoisotopic (exact) mass is 240 g/mol. The molecular weight excluding hydrogens is 224 g/mol. The van der Waals surface area contributed by atoms with Crippen molar-refractivity contribution in [2.45, 2.75) is 32.7 Å². The van der Waals surface area contributed by atoms with E-state index in [-0.39, 0.29) is 11.9 Å². The summed E-state index contributed by atoms with van der Waals surface area (Å²) in [5.41, 5.74) is 0.520. The number of halogens is 1. The number of carbonyl (C=O) groups is 1. The van der Waals surface area contributed by atoms with Crippen molar-refractivity contribution >= 4 is 17.5 Å². The Balaban J connectivity index is 2.90. The smallest absolute Gasteiger partial charge is 0.255 e. The maximum atomic E-state index is 12.1. The molecule has 1 aromatic heterocycles. The Morgan fingerprint density at radius 3 is 2.62 bits per heavy atom. The molecular formula is C12H17ClN2O. The summed E-state index contributed by atoms with van der Waals surface area (Å²) < 4.78 is 0. The van der Waals surface area contributed by atoms with E-state index in [1.807, 2.05) is 7.05 Å². The molecule has 3 nitrogen and oxygen atoms in total. The van der Waals surface area contributed by atoms with Gasteiger partial charge in [0.25, 0.3) is 5.91 Å². The van der Waals surface area contributed by atoms with Crippen LogP contribution in [0, 0.1) is 0 Å². The molecule has 88 valence electrons. The number of amides is 1. The number of pyridine rings is 1. The van der Waals surface area contributed by atoms with Crippen molar-refractivity contribution in [3.05, 3.63) is 29.0 Å². The van der Waals surface area contributed by atoms with E-state index in [1.165, 1.54) is 6.20 Å². The van der Waals surface area contributed by atoms with Gasteiger partial charge in [-0.25, -0.2) is 0 Å². The van der Waals surface area contributed by atoms with Crippen molar-refractivity contribution in [1.29, 1.82) is 0 Å². The van der Waals surface area contributed by atoms with Gasteiger partial charge < -0.3 is 4.90 Å². The first kappa shape index (κ1) is 13.0. The summed E-state index contributed by atoms with van der Waals surface area (Å²) in [5, 5.41) is 0.408. The van der Waals surface area contributed by atoms with Crippen LogP contribution in [0.4, 0.5) is 0 Å². The van der Waals surface area contributed by atoms with Crippen molar-refractivity contribution < 1.29 is 4.79 Å². The Labute approximate surface area is 101 Å². The zero-order valence-electron chi connectivity index (χ0n) is 9.90. The molecule has 1 heterocycles. The van der Waals surface area contributed by atoms with Gasteiger partial charge in [-0.15, -0.1) is 0 Å². The maximum absolute atomic E-state index is 12.1. The molecule has 0 radical (unpaired) electrons. The summed E-state index contributed by atoms with van der Waals surface area (Å²) in [6, 6.07) is 1.92. The Morgan fingerprint density at radius 1 is 1.50 bits per heavy atom. The van der Waals surface area contributed by atoms with E-state index in [0.29, 0.717) is 10.6 Å². The minimum Gasteiger partial charge on any atom is -0.339 e. The molecule has 1 amide bonds. The lowest BCUT2D eigenvalue weighted by Crippen LogP contribution is -2.36. The first-order chi connectivity index (χ1) is 7.61. The van der Waals surface area contributed by atoms with Gasteiger partial charge in [0.05, 0.1) is 10.6 Å². The van der Waals surface area contributed by atoms with Crippen LogP contribution >= 0.6 is 11.6 Å². The second-order valence-electron chi connectivity index (χ2n) is 3.74. The first-order valence-electron chi connectivity index (χ1n) is 5.48. The van der Waals surface area contributed by atoms with E-state index in [1.54, 1.807) is 17.2 Å². The summed E-state index contributed by atoms with van der Waals surface area (Å²) in [6.07, 6.45) is 4.97. The van der Waals surface area contributed by atoms with E-state index in [9.17, 15) is 4.79 Å². The van der Waals surface area contributed by atoms with Crippen LogP contribution < -0.4 is 0 Å². The van der Waals surface area contributed by atoms with Crippen molar-refractivity contribution in [2.75, 3.05) is 7.05 Å². The fraction of sp³-hybridized carbons (Fsp3) is 0.500. The van der Waals surface area contributed by atoms with E-state index in [2.05, 4.69) is 18.8 Å². The minimum atomic E-state index is -0.0406. The number of hydrogen-bond acceptors (Lipinski definition) is 2. The molecule has 0 aromatic carbocycles. The molecule has 0 saturated carbocycles. The van der Waals surface area contributed by atoms with Gasteiger partial charge in [-0.3, -0.25) is 9.78 Å². The molecule has 1 rings (SSSR count). The Morgan fingerprint density at radius 2 is 2.12 bits per heavy atom. The van der Waals surface area contributed by atoms with Gasteiger partial charge in [0.2, 0.25) is 0 Å². The zero-order chi connectivity index (χ0) is 12.1. The van der Waals surface area contributed by atoms with Crippen LogP contribution in [0.1, 0.15) is 37.0 Å². The highest BCUT2D eigenvalue weighted by atomic mass is 35.5. The molecule has 0 aliphatic heterocycles. The van der Waals surface area contributed by atoms with Crippen LogP contribution in [0.2, 0.25) is 5.02 Å². The summed E-state index contributed by atoms with van der Waals surface area (Å²) in [4.78, 5) is 17.8. The SMILES string of the molecule is CCC(CC)N(C)C(=O)c1ccncc1Cl. The van der Waals surface area contributed by atoms with E-state index < -0.39 is 0 Å². The van der Waals surface area contributed by atoms with Crippen molar-refractivity contribution in [3.8, 4) is 0 Å². The second kappa shape index (κ2) is 5.85. The zero-order valence-corrected chi connectivity index (χ0v) is 10.7. The Kier molecular flexibility index (Phi) is 4.74. The number of hydrogen-bond donors (Lipinski definition) is 0. The molecule has 0 saturated heterocycles. The molecule has 16 heavy (non-hydrogen) atoms. The average Bonchev–Trinajstić information content (AvgIpc) is 2.30. The summed E-state index contributed by atoms with van der Waals surface area (Å²) in [5.74, 6) is -0.0406. The molecule has 0 N–H and O–H groups in total. The Bertz CT molecular complexity index is 364. The summed E-state index contributed by atoms with van der Waals surface area (Å²) in [6.45, 7) is 4.15. The van der Waals surface area contributed by atoms with Crippen molar-refractivity contribution in [2.24, 2.45) is 0 Å². The van der Waals surface area contributed by atoms with Gasteiger partial charge in [0.1, 0.15) is 0 Å². The lowest BCUT2D eigenvalue weighted by Gasteiger charge is -2.26. The molecule has 0 spiro atoms. The number of nitrogens with zero attached hydrogens (tertiary/aromatic N) is 2. The fourth-order valence-electron chi connectivity index (χ4n) is 1.74. The van der Waals surface area contributed by atoms with Crippen LogP contribution in [0.15, 0.2) is 18.5 Å². The van der Waals surface area contributed by atoms with Gasteiger partial charge in [-0.1, -0.05) is 25.4 Å². The van der Waals surface area contributed by atoms with E-state index >= 15 is 0 Å². The van der Waals surface area contributed by atoms with E-state index in [0.717, 1.165) is 12.8 Å². The van der Waals surface area contributed by atoms with Gasteiger partial charge in [0.15, 0.2) is 0 Å². The van der Waals surface area contributed by atoms with Crippen LogP contribution in [-0.4, -0.2) is 28.9 Å². The molecule has 0 atom stereocenters. The fourth-order valence-corrected chi connectivity index (χ4v) is 1.94. The average molecular weight is 241 g/mol. The molecule has 0 fully saturated rings. The summed E-state index contributed by atoms with van der Waals surface area (Å²) >= 11 is 5.94. The lowest BCUT2D eigenvalue weighted by molar-refractivity contribution is 0.0724. The number of rotatable bonds is 4.